The van der Waals surface area contributed by atoms with Crippen molar-refractivity contribution in [3.8, 4) is 0 Å². The van der Waals surface area contributed by atoms with Crippen LogP contribution in [0, 0.1) is 6.92 Å². The summed E-state index contributed by atoms with van der Waals surface area (Å²) in [5.74, 6) is -0.133. The molecule has 0 atom stereocenters. The zero-order valence-electron chi connectivity index (χ0n) is 12.0. The van der Waals surface area contributed by atoms with Gasteiger partial charge in [-0.05, 0) is 24.6 Å². The number of hydrogen-bond acceptors (Lipinski definition) is 3. The van der Waals surface area contributed by atoms with Gasteiger partial charge in [-0.15, -0.1) is 0 Å². The first-order chi connectivity index (χ1) is 9.97. The first-order valence-corrected chi connectivity index (χ1v) is 6.95. The standard InChI is InChI=1S/C16H17N3OS/c1-11-4-3-5-12(8-11)10-19(2)16(20)14-7-6-13(9-18-14)15(17)21/h3-9H,10H2,1-2H3,(H2,17,21). The number of nitrogens with zero attached hydrogens (tertiary/aromatic N) is 2. The lowest BCUT2D eigenvalue weighted by molar-refractivity contribution is 0.0779. The molecule has 1 heterocycles. The van der Waals surface area contributed by atoms with Crippen LogP contribution in [-0.2, 0) is 6.54 Å². The lowest BCUT2D eigenvalue weighted by Crippen LogP contribution is -2.27. The molecule has 0 saturated heterocycles. The molecule has 0 spiro atoms. The number of carbonyl (C=O) groups excluding carboxylic acids is 1. The Morgan fingerprint density at radius 3 is 2.67 bits per heavy atom. The zero-order chi connectivity index (χ0) is 15.4. The molecule has 1 aromatic heterocycles. The summed E-state index contributed by atoms with van der Waals surface area (Å²) < 4.78 is 0. The van der Waals surface area contributed by atoms with Gasteiger partial charge in [-0.1, -0.05) is 42.0 Å². The van der Waals surface area contributed by atoms with Crippen molar-refractivity contribution in [1.29, 1.82) is 0 Å². The molecule has 21 heavy (non-hydrogen) atoms. The summed E-state index contributed by atoms with van der Waals surface area (Å²) in [6.07, 6.45) is 1.52. The summed E-state index contributed by atoms with van der Waals surface area (Å²) in [6, 6.07) is 11.4. The van der Waals surface area contributed by atoms with E-state index in [4.69, 9.17) is 18.0 Å². The average Bonchev–Trinajstić information content (AvgIpc) is 2.46. The topological polar surface area (TPSA) is 59.2 Å². The third-order valence-electron chi connectivity index (χ3n) is 3.12. The maximum Gasteiger partial charge on any atom is 0.272 e. The van der Waals surface area contributed by atoms with Crippen molar-refractivity contribution in [2.75, 3.05) is 7.05 Å². The normalized spacial score (nSPS) is 10.2. The van der Waals surface area contributed by atoms with Crippen molar-refractivity contribution >= 4 is 23.1 Å². The van der Waals surface area contributed by atoms with E-state index in [0.717, 1.165) is 5.56 Å². The van der Waals surface area contributed by atoms with Crippen LogP contribution in [0.1, 0.15) is 27.2 Å². The van der Waals surface area contributed by atoms with Gasteiger partial charge in [0.15, 0.2) is 0 Å². The van der Waals surface area contributed by atoms with E-state index in [9.17, 15) is 4.79 Å². The molecule has 1 amide bonds. The van der Waals surface area contributed by atoms with Gasteiger partial charge in [0.2, 0.25) is 0 Å². The third-order valence-corrected chi connectivity index (χ3v) is 3.35. The van der Waals surface area contributed by atoms with Crippen LogP contribution in [0.4, 0.5) is 0 Å². The van der Waals surface area contributed by atoms with Gasteiger partial charge >= 0.3 is 0 Å². The molecule has 108 valence electrons. The largest absolute Gasteiger partial charge is 0.389 e. The minimum absolute atomic E-state index is 0.133. The van der Waals surface area contributed by atoms with Crippen molar-refractivity contribution in [1.82, 2.24) is 9.88 Å². The number of amides is 1. The highest BCUT2D eigenvalue weighted by atomic mass is 32.1. The van der Waals surface area contributed by atoms with E-state index in [-0.39, 0.29) is 10.9 Å². The van der Waals surface area contributed by atoms with E-state index in [1.165, 1.54) is 11.8 Å². The maximum atomic E-state index is 12.3. The first kappa shape index (κ1) is 15.1. The summed E-state index contributed by atoms with van der Waals surface area (Å²) in [4.78, 5) is 18.3. The lowest BCUT2D eigenvalue weighted by Gasteiger charge is -2.17. The SMILES string of the molecule is Cc1cccc(CN(C)C(=O)c2ccc(C(N)=S)cn2)c1. The fourth-order valence-electron chi connectivity index (χ4n) is 2.02. The van der Waals surface area contributed by atoms with Crippen LogP contribution in [0.2, 0.25) is 0 Å². The Hall–Kier alpha value is -2.27. The molecule has 0 bridgehead atoms. The van der Waals surface area contributed by atoms with Crippen LogP contribution in [0.5, 0.6) is 0 Å². The van der Waals surface area contributed by atoms with Crippen molar-refractivity contribution in [3.05, 3.63) is 65.0 Å². The minimum Gasteiger partial charge on any atom is -0.389 e. The Morgan fingerprint density at radius 1 is 1.33 bits per heavy atom. The second kappa shape index (κ2) is 6.45. The number of thiocarbonyl (C=S) groups is 1. The number of carbonyl (C=O) groups is 1. The summed E-state index contributed by atoms with van der Waals surface area (Å²) in [7, 11) is 1.76. The van der Waals surface area contributed by atoms with Gasteiger partial charge in [-0.2, -0.15) is 0 Å². The molecular weight excluding hydrogens is 282 g/mol. The van der Waals surface area contributed by atoms with Gasteiger partial charge in [-0.25, -0.2) is 0 Å². The molecule has 0 unspecified atom stereocenters. The number of benzene rings is 1. The maximum absolute atomic E-state index is 12.3. The molecule has 0 saturated carbocycles. The van der Waals surface area contributed by atoms with Crippen molar-refractivity contribution in [2.24, 2.45) is 5.73 Å². The lowest BCUT2D eigenvalue weighted by atomic mass is 10.1. The Morgan fingerprint density at radius 2 is 2.10 bits per heavy atom. The van der Waals surface area contributed by atoms with Crippen molar-refractivity contribution in [3.63, 3.8) is 0 Å². The summed E-state index contributed by atoms with van der Waals surface area (Å²) in [6.45, 7) is 2.57. The number of aryl methyl sites for hydroxylation is 1. The van der Waals surface area contributed by atoms with E-state index in [2.05, 4.69) is 11.1 Å². The highest BCUT2D eigenvalue weighted by Gasteiger charge is 2.13. The summed E-state index contributed by atoms with van der Waals surface area (Å²) >= 11 is 4.86. The van der Waals surface area contributed by atoms with Gasteiger partial charge in [0.1, 0.15) is 10.7 Å². The van der Waals surface area contributed by atoms with Crippen LogP contribution in [0.25, 0.3) is 0 Å². The molecular formula is C16H17N3OS. The fraction of sp³-hybridized carbons (Fsp3) is 0.188. The van der Waals surface area contributed by atoms with Gasteiger partial charge in [0.05, 0.1) is 0 Å². The van der Waals surface area contributed by atoms with Crippen molar-refractivity contribution < 1.29 is 4.79 Å². The zero-order valence-corrected chi connectivity index (χ0v) is 12.9. The van der Waals surface area contributed by atoms with Crippen molar-refractivity contribution in [2.45, 2.75) is 13.5 Å². The van der Waals surface area contributed by atoms with Gasteiger partial charge in [-0.3, -0.25) is 9.78 Å². The smallest absolute Gasteiger partial charge is 0.272 e. The van der Waals surface area contributed by atoms with Crippen LogP contribution < -0.4 is 5.73 Å². The van der Waals surface area contributed by atoms with Crippen LogP contribution in [0.15, 0.2) is 42.6 Å². The Kier molecular flexibility index (Phi) is 4.65. The second-order valence-corrected chi connectivity index (χ2v) is 5.39. The highest BCUT2D eigenvalue weighted by Crippen LogP contribution is 2.09. The Balaban J connectivity index is 2.10. The molecule has 0 radical (unpaired) electrons. The number of rotatable bonds is 4. The number of pyridine rings is 1. The molecule has 0 fully saturated rings. The predicted octanol–water partition coefficient (Wildman–Crippen LogP) is 2.30. The second-order valence-electron chi connectivity index (χ2n) is 4.95. The van der Waals surface area contributed by atoms with E-state index in [0.29, 0.717) is 17.8 Å². The molecule has 2 N–H and O–H groups in total. The Labute approximate surface area is 129 Å². The first-order valence-electron chi connectivity index (χ1n) is 6.54. The molecule has 5 heteroatoms. The Bertz CT molecular complexity index is 667. The third kappa shape index (κ3) is 3.86. The van der Waals surface area contributed by atoms with Gasteiger partial charge in [0.25, 0.3) is 5.91 Å². The molecule has 0 aliphatic carbocycles. The molecule has 1 aromatic carbocycles. The fourth-order valence-corrected chi connectivity index (χ4v) is 2.14. The highest BCUT2D eigenvalue weighted by molar-refractivity contribution is 7.80. The molecule has 4 nitrogen and oxygen atoms in total. The van der Waals surface area contributed by atoms with Gasteiger partial charge in [0, 0.05) is 25.4 Å². The molecule has 0 aliphatic heterocycles. The summed E-state index contributed by atoms with van der Waals surface area (Å²) in [5, 5.41) is 0. The van der Waals surface area contributed by atoms with E-state index in [1.54, 1.807) is 24.1 Å². The average molecular weight is 299 g/mol. The monoisotopic (exact) mass is 299 g/mol. The number of aromatic nitrogens is 1. The van der Waals surface area contributed by atoms with Crippen LogP contribution in [0.3, 0.4) is 0 Å². The minimum atomic E-state index is -0.133. The van der Waals surface area contributed by atoms with Gasteiger partial charge < -0.3 is 10.6 Å². The van der Waals surface area contributed by atoms with E-state index in [1.807, 2.05) is 25.1 Å². The molecule has 0 aliphatic rings. The number of hydrogen-bond donors (Lipinski definition) is 1. The van der Waals surface area contributed by atoms with Crippen LogP contribution in [-0.4, -0.2) is 27.8 Å². The van der Waals surface area contributed by atoms with E-state index < -0.39 is 0 Å². The van der Waals surface area contributed by atoms with Crippen LogP contribution >= 0.6 is 12.2 Å². The molecule has 2 rings (SSSR count). The predicted molar refractivity (Wildman–Crippen MR) is 87.1 cm³/mol. The summed E-state index contributed by atoms with van der Waals surface area (Å²) in [5.41, 5.74) is 8.81. The number of nitrogens with two attached hydrogens (primary N) is 1. The molecule has 2 aromatic rings. The van der Waals surface area contributed by atoms with E-state index >= 15 is 0 Å². The quantitative estimate of drug-likeness (QED) is 0.880.